The van der Waals surface area contributed by atoms with Crippen molar-refractivity contribution in [3.05, 3.63) is 72.3 Å². The van der Waals surface area contributed by atoms with E-state index in [9.17, 15) is 18.0 Å². The maximum atomic E-state index is 14.0. The zero-order valence-electron chi connectivity index (χ0n) is 23.5. The van der Waals surface area contributed by atoms with Crippen molar-refractivity contribution in [1.29, 1.82) is 0 Å². The van der Waals surface area contributed by atoms with Crippen molar-refractivity contribution in [3.8, 4) is 0 Å². The van der Waals surface area contributed by atoms with Crippen LogP contribution in [0.5, 0.6) is 0 Å². The van der Waals surface area contributed by atoms with Crippen molar-refractivity contribution in [3.63, 3.8) is 0 Å². The van der Waals surface area contributed by atoms with Gasteiger partial charge in [0.25, 0.3) is 0 Å². The van der Waals surface area contributed by atoms with E-state index in [1.165, 1.54) is 6.07 Å². The number of guanidine groups is 1. The van der Waals surface area contributed by atoms with E-state index >= 15 is 0 Å². The average molecular weight is 579 g/mol. The van der Waals surface area contributed by atoms with E-state index in [0.29, 0.717) is 43.5 Å². The molecule has 5 N–H and O–H groups in total. The fourth-order valence-electron chi connectivity index (χ4n) is 5.34. The standard InChI is InChI=1S/C30H38N6O4S/c1-3-35(4-2)28(37)23-11-8-18-36(20-23)29(38)26(19-21-14-16-24(17-15-21)33-30(31)32)34-41(39,40)27-13-7-10-22-9-5-6-12-25(22)27/h5-7,9-10,12-17,23,26,34H,3-4,8,11,18-20H2,1-2H3,(H4,31,32,33)/t23?,26-/m0/s1. The van der Waals surface area contributed by atoms with Gasteiger partial charge >= 0.3 is 0 Å². The molecule has 3 aromatic carbocycles. The van der Waals surface area contributed by atoms with E-state index < -0.39 is 16.1 Å². The molecule has 0 spiro atoms. The number of likely N-dealkylation sites (tertiary alicyclic amines) is 1. The number of carbonyl (C=O) groups is 2. The predicted octanol–water partition coefficient (Wildman–Crippen LogP) is 2.74. The minimum Gasteiger partial charge on any atom is -0.370 e. The molecule has 11 heteroatoms. The van der Waals surface area contributed by atoms with Crippen molar-refractivity contribution < 1.29 is 18.0 Å². The molecule has 0 aromatic heterocycles. The second-order valence-corrected chi connectivity index (χ2v) is 11.9. The Morgan fingerprint density at radius 2 is 1.71 bits per heavy atom. The van der Waals surface area contributed by atoms with Gasteiger partial charge in [-0.3, -0.25) is 9.59 Å². The third-order valence-corrected chi connectivity index (χ3v) is 8.96. The van der Waals surface area contributed by atoms with E-state index in [0.717, 1.165) is 10.9 Å². The van der Waals surface area contributed by atoms with Crippen LogP contribution in [0.4, 0.5) is 5.69 Å². The maximum Gasteiger partial charge on any atom is 0.241 e. The van der Waals surface area contributed by atoms with Gasteiger partial charge in [-0.25, -0.2) is 13.4 Å². The molecular formula is C30H38N6O4S. The topological polar surface area (TPSA) is 151 Å². The molecule has 0 bridgehead atoms. The van der Waals surface area contributed by atoms with Crippen LogP contribution in [0.1, 0.15) is 32.3 Å². The van der Waals surface area contributed by atoms with Gasteiger partial charge in [0.2, 0.25) is 21.8 Å². The van der Waals surface area contributed by atoms with Gasteiger partial charge in [-0.1, -0.05) is 48.5 Å². The second-order valence-electron chi connectivity index (χ2n) is 10.2. The summed E-state index contributed by atoms with van der Waals surface area (Å²) in [4.78, 5) is 34.6. The quantitative estimate of drug-likeness (QED) is 0.249. The molecule has 10 nitrogen and oxygen atoms in total. The van der Waals surface area contributed by atoms with Gasteiger partial charge in [-0.2, -0.15) is 4.72 Å². The first-order valence-corrected chi connectivity index (χ1v) is 15.4. The molecular weight excluding hydrogens is 540 g/mol. The number of carbonyl (C=O) groups excluding carboxylic acids is 2. The SMILES string of the molecule is CCN(CC)C(=O)C1CCCN(C(=O)[C@H](Cc2ccc(N=C(N)N)cc2)NS(=O)(=O)c2cccc3ccccc23)C1. The molecule has 0 aliphatic carbocycles. The lowest BCUT2D eigenvalue weighted by atomic mass is 9.95. The zero-order chi connectivity index (χ0) is 29.6. The molecule has 1 heterocycles. The highest BCUT2D eigenvalue weighted by molar-refractivity contribution is 7.89. The largest absolute Gasteiger partial charge is 0.370 e. The second kappa shape index (κ2) is 13.1. The fraction of sp³-hybridized carbons (Fsp3) is 0.367. The molecule has 1 saturated heterocycles. The van der Waals surface area contributed by atoms with E-state index in [-0.39, 0.29) is 41.6 Å². The highest BCUT2D eigenvalue weighted by Gasteiger charge is 2.35. The Kier molecular flexibility index (Phi) is 9.61. The lowest BCUT2D eigenvalue weighted by molar-refractivity contribution is -0.141. The molecule has 1 aliphatic heterocycles. The number of hydrogen-bond acceptors (Lipinski definition) is 5. The van der Waals surface area contributed by atoms with Crippen LogP contribution in [-0.4, -0.2) is 68.2 Å². The molecule has 4 rings (SSSR count). The average Bonchev–Trinajstić information content (AvgIpc) is 2.97. The van der Waals surface area contributed by atoms with Crippen molar-refractivity contribution in [2.24, 2.45) is 22.4 Å². The van der Waals surface area contributed by atoms with Crippen LogP contribution in [0, 0.1) is 5.92 Å². The normalized spacial score (nSPS) is 16.2. The van der Waals surface area contributed by atoms with Crippen LogP contribution in [-0.2, 0) is 26.0 Å². The van der Waals surface area contributed by atoms with E-state index in [1.54, 1.807) is 52.3 Å². The number of benzene rings is 3. The maximum absolute atomic E-state index is 14.0. The molecule has 218 valence electrons. The summed E-state index contributed by atoms with van der Waals surface area (Å²) in [6.07, 6.45) is 1.47. The smallest absolute Gasteiger partial charge is 0.241 e. The van der Waals surface area contributed by atoms with Crippen LogP contribution in [0.25, 0.3) is 10.8 Å². The van der Waals surface area contributed by atoms with E-state index in [4.69, 9.17) is 11.5 Å². The first kappa shape index (κ1) is 30.0. The molecule has 1 unspecified atom stereocenters. The van der Waals surface area contributed by atoms with Crippen molar-refractivity contribution in [1.82, 2.24) is 14.5 Å². The van der Waals surface area contributed by atoms with Crippen molar-refractivity contribution in [2.75, 3.05) is 26.2 Å². The van der Waals surface area contributed by atoms with Gasteiger partial charge in [-0.05, 0) is 62.3 Å². The van der Waals surface area contributed by atoms with Gasteiger partial charge in [0.05, 0.1) is 16.5 Å². The Labute approximate surface area is 241 Å². The third kappa shape index (κ3) is 7.22. The number of nitrogens with one attached hydrogen (secondary N) is 1. The monoisotopic (exact) mass is 578 g/mol. The summed E-state index contributed by atoms with van der Waals surface area (Å²) in [6, 6.07) is 18.1. The highest BCUT2D eigenvalue weighted by atomic mass is 32.2. The summed E-state index contributed by atoms with van der Waals surface area (Å²) in [6.45, 7) is 5.78. The molecule has 1 fully saturated rings. The van der Waals surface area contributed by atoms with Crippen LogP contribution in [0.15, 0.2) is 76.6 Å². The summed E-state index contributed by atoms with van der Waals surface area (Å²) in [5.74, 6) is -0.732. The molecule has 1 aliphatic rings. The summed E-state index contributed by atoms with van der Waals surface area (Å²) in [5.41, 5.74) is 12.2. The van der Waals surface area contributed by atoms with E-state index in [1.807, 2.05) is 32.0 Å². The van der Waals surface area contributed by atoms with Crippen LogP contribution >= 0.6 is 0 Å². The van der Waals surface area contributed by atoms with E-state index in [2.05, 4.69) is 9.71 Å². The Balaban J connectivity index is 1.64. The Morgan fingerprint density at radius 1 is 1.02 bits per heavy atom. The number of nitrogens with zero attached hydrogens (tertiary/aromatic N) is 3. The number of amides is 2. The lowest BCUT2D eigenvalue weighted by Gasteiger charge is -2.36. The Morgan fingerprint density at radius 3 is 2.39 bits per heavy atom. The minimum absolute atomic E-state index is 0.0238. The van der Waals surface area contributed by atoms with Gasteiger partial charge in [0.15, 0.2) is 5.96 Å². The van der Waals surface area contributed by atoms with Crippen LogP contribution < -0.4 is 16.2 Å². The summed E-state index contributed by atoms with van der Waals surface area (Å²) in [5, 5.41) is 1.35. The molecule has 2 amide bonds. The van der Waals surface area contributed by atoms with Gasteiger partial charge in [0.1, 0.15) is 6.04 Å². The minimum atomic E-state index is -4.09. The fourth-order valence-corrected chi connectivity index (χ4v) is 6.76. The molecule has 41 heavy (non-hydrogen) atoms. The van der Waals surface area contributed by atoms with Crippen molar-refractivity contribution >= 4 is 44.3 Å². The first-order chi connectivity index (χ1) is 19.6. The molecule has 2 atom stereocenters. The molecule has 0 saturated carbocycles. The number of hydrogen-bond donors (Lipinski definition) is 3. The number of sulfonamides is 1. The van der Waals surface area contributed by atoms with Gasteiger partial charge in [0, 0.05) is 31.6 Å². The van der Waals surface area contributed by atoms with Crippen molar-refractivity contribution in [2.45, 2.75) is 44.0 Å². The number of nitrogens with two attached hydrogens (primary N) is 2. The van der Waals surface area contributed by atoms with Crippen LogP contribution in [0.3, 0.4) is 0 Å². The molecule has 3 aromatic rings. The first-order valence-electron chi connectivity index (χ1n) is 13.9. The summed E-state index contributed by atoms with van der Waals surface area (Å²) >= 11 is 0. The number of rotatable bonds is 10. The Bertz CT molecular complexity index is 1510. The van der Waals surface area contributed by atoms with Crippen LogP contribution in [0.2, 0.25) is 0 Å². The van der Waals surface area contributed by atoms with Gasteiger partial charge < -0.3 is 21.3 Å². The van der Waals surface area contributed by atoms with Gasteiger partial charge in [-0.15, -0.1) is 0 Å². The summed E-state index contributed by atoms with van der Waals surface area (Å²) < 4.78 is 30.2. The number of aliphatic imine (C=N–C) groups is 1. The predicted molar refractivity (Wildman–Crippen MR) is 161 cm³/mol. The molecule has 0 radical (unpaired) electrons. The highest BCUT2D eigenvalue weighted by Crippen LogP contribution is 2.25. The zero-order valence-corrected chi connectivity index (χ0v) is 24.3. The summed E-state index contributed by atoms with van der Waals surface area (Å²) in [7, 11) is -4.09. The number of fused-ring (bicyclic) bond motifs is 1. The third-order valence-electron chi connectivity index (χ3n) is 7.43. The Hall–Kier alpha value is -3.96. The number of piperidine rings is 1. The lowest BCUT2D eigenvalue weighted by Crippen LogP contribution is -2.54.